The quantitative estimate of drug-likeness (QED) is 0.167. The van der Waals surface area contributed by atoms with Crippen LogP contribution in [0.1, 0.15) is 79.0 Å². The first-order valence-electron chi connectivity index (χ1n) is 23.2. The Labute approximate surface area is 388 Å². The zero-order valence-electron chi connectivity index (χ0n) is 39.5. The van der Waals surface area contributed by atoms with Gasteiger partial charge in [0.2, 0.25) is 0 Å². The fourth-order valence-corrected chi connectivity index (χ4v) is 9.81. The first kappa shape index (κ1) is 41.4. The van der Waals surface area contributed by atoms with Crippen LogP contribution in [0.5, 0.6) is 11.5 Å². The third-order valence-corrected chi connectivity index (χ3v) is 13.5. The summed E-state index contributed by atoms with van der Waals surface area (Å²) in [5, 5.41) is 4.78. The maximum atomic E-state index is 6.87. The van der Waals surface area contributed by atoms with Crippen molar-refractivity contribution < 1.29 is 4.74 Å². The van der Waals surface area contributed by atoms with E-state index in [4.69, 9.17) is 9.72 Å². The van der Waals surface area contributed by atoms with Crippen LogP contribution in [0.25, 0.3) is 55.1 Å². The molecule has 0 saturated heterocycles. The minimum absolute atomic E-state index is 0.0159. The lowest BCUT2D eigenvalue weighted by atomic mass is 9.86. The van der Waals surface area contributed by atoms with Crippen molar-refractivity contribution in [2.75, 3.05) is 16.5 Å². The van der Waals surface area contributed by atoms with E-state index in [1.54, 1.807) is 0 Å². The third-order valence-electron chi connectivity index (χ3n) is 13.5. The smallest absolute Gasteiger partial charge is 0.137 e. The van der Waals surface area contributed by atoms with Crippen LogP contribution >= 0.6 is 0 Å². The number of hydrogen-bond acceptors (Lipinski definition) is 4. The molecular weight excluding hydrogens is 807 g/mol. The van der Waals surface area contributed by atoms with Crippen molar-refractivity contribution in [1.82, 2.24) is 14.1 Å². The topological polar surface area (TPSA) is 38.5 Å². The van der Waals surface area contributed by atoms with Gasteiger partial charge in [0, 0.05) is 56.9 Å². The lowest BCUT2D eigenvalue weighted by Gasteiger charge is -2.26. The monoisotopic (exact) mass is 863 g/mol. The van der Waals surface area contributed by atoms with E-state index in [2.05, 4.69) is 245 Å². The van der Waals surface area contributed by atoms with Gasteiger partial charge in [-0.1, -0.05) is 123 Å². The summed E-state index contributed by atoms with van der Waals surface area (Å²) in [5.74, 6) is 2.42. The first-order chi connectivity index (χ1) is 31.6. The SMILES string of the molecule is CC(C)(C)c1cccc(N2CN(c3cccc(Oc4ccc5c6cc(-n7c8ccccc8c8ccccc87)ccc6n(-c6cc(C(C)(C)C)ccn6)c5c4)c3)c3ccc(C(C)(C)C)cc32)c1. The van der Waals surface area contributed by atoms with Crippen LogP contribution in [0.4, 0.5) is 22.7 Å². The average molecular weight is 864 g/mol. The van der Waals surface area contributed by atoms with Gasteiger partial charge in [0.15, 0.2) is 0 Å². The molecule has 1 aliphatic heterocycles. The van der Waals surface area contributed by atoms with Gasteiger partial charge in [0.05, 0.1) is 33.4 Å². The lowest BCUT2D eigenvalue weighted by molar-refractivity contribution is 0.483. The summed E-state index contributed by atoms with van der Waals surface area (Å²) in [5.41, 5.74) is 14.1. The van der Waals surface area contributed by atoms with Gasteiger partial charge >= 0.3 is 0 Å². The number of rotatable bonds is 6. The predicted molar refractivity (Wildman–Crippen MR) is 278 cm³/mol. The standard InChI is InChI=1S/C60H57N5O/c1-58(2,3)39-16-14-17-42(32-39)63-38-62(54-28-24-40(33-56(54)63)59(4,5)6)43-18-15-19-45(35-43)66-46-26-27-49-50-36-44(64-51-22-12-10-20-47(51)48-21-11-13-23-52(48)64)25-29-53(50)65(55(49)37-46)57-34-41(30-31-61-57)60(7,8)9/h10-37H,38H2,1-9H3. The number of anilines is 4. The number of fused-ring (bicyclic) bond motifs is 7. The van der Waals surface area contributed by atoms with Crippen molar-refractivity contribution in [3.63, 3.8) is 0 Å². The zero-order valence-corrected chi connectivity index (χ0v) is 39.5. The van der Waals surface area contributed by atoms with Crippen molar-refractivity contribution in [2.45, 2.75) is 78.6 Å². The Bertz CT molecular complexity index is 3460. The zero-order chi connectivity index (χ0) is 45.7. The number of pyridine rings is 1. The molecule has 0 bridgehead atoms. The molecule has 0 aliphatic carbocycles. The fourth-order valence-electron chi connectivity index (χ4n) is 9.81. The Hall–Kier alpha value is -7.31. The van der Waals surface area contributed by atoms with Crippen molar-refractivity contribution >= 4 is 66.4 Å². The fraction of sp³-hybridized carbons (Fsp3) is 0.217. The molecule has 0 unspecified atom stereocenters. The van der Waals surface area contributed by atoms with Crippen LogP contribution in [-0.2, 0) is 16.2 Å². The summed E-state index contributed by atoms with van der Waals surface area (Å²) in [6.07, 6.45) is 1.94. The Morgan fingerprint density at radius 1 is 0.394 bits per heavy atom. The molecule has 328 valence electrons. The molecule has 0 saturated carbocycles. The largest absolute Gasteiger partial charge is 0.457 e. The molecule has 6 nitrogen and oxygen atoms in total. The van der Waals surface area contributed by atoms with Crippen molar-refractivity contribution in [3.05, 3.63) is 187 Å². The maximum Gasteiger partial charge on any atom is 0.137 e. The van der Waals surface area contributed by atoms with Crippen molar-refractivity contribution in [2.24, 2.45) is 0 Å². The molecule has 6 heteroatoms. The van der Waals surface area contributed by atoms with E-state index in [1.165, 1.54) is 55.6 Å². The highest BCUT2D eigenvalue weighted by atomic mass is 16.5. The van der Waals surface area contributed by atoms with Gasteiger partial charge in [-0.25, -0.2) is 4.98 Å². The normalized spacial score (nSPS) is 13.4. The Balaban J connectivity index is 1.01. The van der Waals surface area contributed by atoms with Gasteiger partial charge in [-0.2, -0.15) is 0 Å². The maximum absolute atomic E-state index is 6.87. The molecule has 4 heterocycles. The molecule has 66 heavy (non-hydrogen) atoms. The number of benzene rings is 7. The predicted octanol–water partition coefficient (Wildman–Crippen LogP) is 16.2. The van der Waals surface area contributed by atoms with Crippen LogP contribution < -0.4 is 14.5 Å². The summed E-state index contributed by atoms with van der Waals surface area (Å²) in [4.78, 5) is 9.87. The van der Waals surface area contributed by atoms with E-state index in [0.29, 0.717) is 6.67 Å². The van der Waals surface area contributed by atoms with Crippen molar-refractivity contribution in [1.29, 1.82) is 0 Å². The molecule has 1 aliphatic rings. The summed E-state index contributed by atoms with van der Waals surface area (Å²) >= 11 is 0. The molecule has 10 aromatic rings. The highest BCUT2D eigenvalue weighted by Crippen LogP contribution is 2.47. The molecule has 0 N–H and O–H groups in total. The van der Waals surface area contributed by atoms with E-state index in [1.807, 2.05) is 6.20 Å². The molecule has 0 amide bonds. The Morgan fingerprint density at radius 2 is 0.985 bits per heavy atom. The van der Waals surface area contributed by atoms with Crippen LogP contribution in [0.3, 0.4) is 0 Å². The highest BCUT2D eigenvalue weighted by Gasteiger charge is 2.31. The molecule has 0 spiro atoms. The second-order valence-corrected chi connectivity index (χ2v) is 21.1. The van der Waals surface area contributed by atoms with Crippen LogP contribution in [0.2, 0.25) is 0 Å². The van der Waals surface area contributed by atoms with Gasteiger partial charge in [0.1, 0.15) is 24.0 Å². The Morgan fingerprint density at radius 3 is 1.70 bits per heavy atom. The van der Waals surface area contributed by atoms with Gasteiger partial charge in [-0.3, -0.25) is 4.57 Å². The minimum atomic E-state index is -0.0440. The molecule has 11 rings (SSSR count). The van der Waals surface area contributed by atoms with E-state index in [-0.39, 0.29) is 16.2 Å². The van der Waals surface area contributed by atoms with E-state index < -0.39 is 0 Å². The second kappa shape index (κ2) is 15.1. The van der Waals surface area contributed by atoms with Crippen LogP contribution in [0, 0.1) is 0 Å². The number of nitrogens with zero attached hydrogens (tertiary/aromatic N) is 5. The molecule has 0 radical (unpaired) electrons. The van der Waals surface area contributed by atoms with Gasteiger partial charge in [-0.05, 0) is 124 Å². The lowest BCUT2D eigenvalue weighted by Crippen LogP contribution is -2.24. The van der Waals surface area contributed by atoms with E-state index >= 15 is 0 Å². The van der Waals surface area contributed by atoms with E-state index in [9.17, 15) is 0 Å². The summed E-state index contributed by atoms with van der Waals surface area (Å²) in [6.45, 7) is 21.1. The van der Waals surface area contributed by atoms with E-state index in [0.717, 1.165) is 50.5 Å². The number of hydrogen-bond donors (Lipinski definition) is 0. The number of ether oxygens (including phenoxy) is 1. The van der Waals surface area contributed by atoms with Gasteiger partial charge in [0.25, 0.3) is 0 Å². The number of para-hydroxylation sites is 2. The molecule has 0 atom stereocenters. The summed E-state index contributed by atoms with van der Waals surface area (Å²) in [7, 11) is 0. The summed E-state index contributed by atoms with van der Waals surface area (Å²) in [6, 6.07) is 59.6. The number of aromatic nitrogens is 3. The first-order valence-corrected chi connectivity index (χ1v) is 23.2. The van der Waals surface area contributed by atoms with Crippen molar-refractivity contribution in [3.8, 4) is 23.0 Å². The third kappa shape index (κ3) is 7.07. The molecular formula is C60H57N5O. The highest BCUT2D eigenvalue weighted by molar-refractivity contribution is 6.12. The molecule has 3 aromatic heterocycles. The van der Waals surface area contributed by atoms with Crippen LogP contribution in [0.15, 0.2) is 170 Å². The molecule has 7 aromatic carbocycles. The molecule has 0 fully saturated rings. The Kier molecular flexibility index (Phi) is 9.49. The summed E-state index contributed by atoms with van der Waals surface area (Å²) < 4.78 is 11.6. The van der Waals surface area contributed by atoms with Crippen LogP contribution in [-0.4, -0.2) is 20.8 Å². The minimum Gasteiger partial charge on any atom is -0.457 e. The van der Waals surface area contributed by atoms with Gasteiger partial charge < -0.3 is 19.1 Å². The second-order valence-electron chi connectivity index (χ2n) is 21.1. The average Bonchev–Trinajstić information content (AvgIpc) is 3.96. The van der Waals surface area contributed by atoms with Gasteiger partial charge in [-0.15, -0.1) is 0 Å².